The minimum Gasteiger partial charge on any atom is -0.493 e. The van der Waals surface area contributed by atoms with Gasteiger partial charge in [-0.3, -0.25) is 9.59 Å². The van der Waals surface area contributed by atoms with E-state index in [2.05, 4.69) is 10.4 Å². The smallest absolute Gasteiger partial charge is 0.267 e. The minimum absolute atomic E-state index is 0.0405. The Morgan fingerprint density at radius 3 is 2.71 bits per heavy atom. The topological polar surface area (TPSA) is 114 Å². The van der Waals surface area contributed by atoms with E-state index < -0.39 is 15.9 Å². The second kappa shape index (κ2) is 8.59. The van der Waals surface area contributed by atoms with Gasteiger partial charge in [-0.15, -0.1) is 0 Å². The summed E-state index contributed by atoms with van der Waals surface area (Å²) in [7, 11) is -1.60. The summed E-state index contributed by atoms with van der Waals surface area (Å²) in [5.74, 6) is 0.475. The van der Waals surface area contributed by atoms with Gasteiger partial charge in [-0.2, -0.15) is 5.10 Å². The molecule has 2 heterocycles. The maximum absolute atomic E-state index is 12.3. The van der Waals surface area contributed by atoms with Crippen molar-refractivity contribution in [3.8, 4) is 11.5 Å². The number of amides is 2. The van der Waals surface area contributed by atoms with Gasteiger partial charge < -0.3 is 14.8 Å². The molecular weight excluding hydrogens is 386 g/mol. The molecule has 0 saturated carbocycles. The van der Waals surface area contributed by atoms with Crippen LogP contribution < -0.4 is 14.8 Å². The third kappa shape index (κ3) is 4.80. The molecule has 1 N–H and O–H groups in total. The summed E-state index contributed by atoms with van der Waals surface area (Å²) in [4.78, 5) is 24.4. The van der Waals surface area contributed by atoms with Gasteiger partial charge in [0, 0.05) is 12.8 Å². The van der Waals surface area contributed by atoms with E-state index in [1.54, 1.807) is 19.2 Å². The van der Waals surface area contributed by atoms with Gasteiger partial charge in [0.05, 0.1) is 31.2 Å². The number of carbonyl (C=O) groups excluding carboxylic acids is 2. The summed E-state index contributed by atoms with van der Waals surface area (Å²) in [6.07, 6.45) is 0.716. The predicted molar refractivity (Wildman–Crippen MR) is 102 cm³/mol. The first-order valence-corrected chi connectivity index (χ1v) is 10.9. The second-order valence-corrected chi connectivity index (χ2v) is 8.83. The van der Waals surface area contributed by atoms with Crippen molar-refractivity contribution in [3.63, 3.8) is 0 Å². The molecule has 1 aromatic rings. The zero-order valence-electron chi connectivity index (χ0n) is 15.6. The highest BCUT2D eigenvalue weighted by Gasteiger charge is 2.37. The van der Waals surface area contributed by atoms with E-state index in [1.807, 2.05) is 12.1 Å². The average Bonchev–Trinajstić information content (AvgIpc) is 3.05. The molecular formula is C18H23N3O6S. The molecule has 0 aliphatic carbocycles. The number of methoxy groups -OCH3 is 1. The van der Waals surface area contributed by atoms with E-state index in [0.717, 1.165) is 0 Å². The molecule has 1 atom stereocenters. The first-order chi connectivity index (χ1) is 13.4. The summed E-state index contributed by atoms with van der Waals surface area (Å²) in [6, 6.07) is 6.71. The summed E-state index contributed by atoms with van der Waals surface area (Å²) < 4.78 is 34.1. The summed E-state index contributed by atoms with van der Waals surface area (Å²) in [5.41, 5.74) is 0.223. The van der Waals surface area contributed by atoms with Crippen molar-refractivity contribution in [1.82, 2.24) is 10.3 Å². The molecule has 9 nitrogen and oxygen atoms in total. The molecule has 1 unspecified atom stereocenters. The van der Waals surface area contributed by atoms with E-state index in [9.17, 15) is 18.0 Å². The van der Waals surface area contributed by atoms with Crippen LogP contribution in [0.1, 0.15) is 19.3 Å². The molecule has 0 spiro atoms. The maximum atomic E-state index is 12.3. The molecule has 0 bridgehead atoms. The van der Waals surface area contributed by atoms with Gasteiger partial charge in [0.2, 0.25) is 5.91 Å². The summed E-state index contributed by atoms with van der Waals surface area (Å²) >= 11 is 0. The number of sulfone groups is 1. The third-order valence-corrected chi connectivity index (χ3v) is 6.34. The van der Waals surface area contributed by atoms with E-state index in [0.29, 0.717) is 17.9 Å². The van der Waals surface area contributed by atoms with E-state index in [4.69, 9.17) is 9.47 Å². The molecule has 3 rings (SSSR count). The molecule has 2 aliphatic rings. The molecule has 1 fully saturated rings. The van der Waals surface area contributed by atoms with Crippen LogP contribution >= 0.6 is 0 Å². The highest BCUT2D eigenvalue weighted by molar-refractivity contribution is 7.91. The van der Waals surface area contributed by atoms with Crippen LogP contribution in [0.15, 0.2) is 29.4 Å². The van der Waals surface area contributed by atoms with Gasteiger partial charge in [0.1, 0.15) is 12.3 Å². The van der Waals surface area contributed by atoms with Crippen LogP contribution in [0, 0.1) is 0 Å². The van der Waals surface area contributed by atoms with E-state index in [-0.39, 0.29) is 55.0 Å². The van der Waals surface area contributed by atoms with Crippen molar-refractivity contribution < 1.29 is 27.5 Å². The van der Waals surface area contributed by atoms with Crippen molar-refractivity contribution in [2.75, 3.05) is 31.8 Å². The number of hydrazone groups is 1. The lowest BCUT2D eigenvalue weighted by Crippen LogP contribution is -2.44. The largest absolute Gasteiger partial charge is 0.493 e. The second-order valence-electron chi connectivity index (χ2n) is 6.60. The van der Waals surface area contributed by atoms with Crippen LogP contribution in [0.2, 0.25) is 0 Å². The monoisotopic (exact) mass is 409 g/mol. The zero-order chi connectivity index (χ0) is 20.1. The number of para-hydroxylation sites is 2. The number of ether oxygens (including phenoxy) is 2. The lowest BCUT2D eigenvalue weighted by Gasteiger charge is -2.27. The Bertz CT molecular complexity index is 883. The molecule has 2 aliphatic heterocycles. The summed E-state index contributed by atoms with van der Waals surface area (Å²) in [5, 5.41) is 8.02. The number of hydrogen-bond donors (Lipinski definition) is 1. The van der Waals surface area contributed by atoms with Gasteiger partial charge in [0.15, 0.2) is 21.3 Å². The van der Waals surface area contributed by atoms with Crippen LogP contribution in [0.25, 0.3) is 0 Å². The van der Waals surface area contributed by atoms with Crippen molar-refractivity contribution >= 4 is 27.4 Å². The SMILES string of the molecule is COc1ccccc1OCCNC(=O)C1=NN(C2CCS(=O)(=O)C2)C(=O)CC1. The Labute approximate surface area is 163 Å². The number of hydrogen-bond acceptors (Lipinski definition) is 7. The van der Waals surface area contributed by atoms with Crippen molar-refractivity contribution in [2.24, 2.45) is 5.10 Å². The van der Waals surface area contributed by atoms with Gasteiger partial charge in [0.25, 0.3) is 5.91 Å². The molecule has 28 heavy (non-hydrogen) atoms. The predicted octanol–water partition coefficient (Wildman–Crippen LogP) is 0.356. The zero-order valence-corrected chi connectivity index (χ0v) is 16.4. The van der Waals surface area contributed by atoms with Gasteiger partial charge in [-0.1, -0.05) is 12.1 Å². The lowest BCUT2D eigenvalue weighted by atomic mass is 10.1. The van der Waals surface area contributed by atoms with Crippen molar-refractivity contribution in [2.45, 2.75) is 25.3 Å². The van der Waals surface area contributed by atoms with Gasteiger partial charge >= 0.3 is 0 Å². The Hall–Kier alpha value is -2.62. The average molecular weight is 409 g/mol. The Morgan fingerprint density at radius 2 is 2.04 bits per heavy atom. The first kappa shape index (κ1) is 20.1. The Balaban J connectivity index is 1.53. The normalized spacial score (nSPS) is 21.2. The number of rotatable bonds is 7. The van der Waals surface area contributed by atoms with Crippen LogP contribution in [0.3, 0.4) is 0 Å². The van der Waals surface area contributed by atoms with Crippen LogP contribution in [-0.2, 0) is 19.4 Å². The highest BCUT2D eigenvalue weighted by atomic mass is 32.2. The standard InChI is InChI=1S/C18H23N3O6S/c1-26-15-4-2-3-5-16(15)27-10-9-19-18(23)14-6-7-17(22)21(20-14)13-8-11-28(24,25)12-13/h2-5,13H,6-12H2,1H3,(H,19,23). The first-order valence-electron chi connectivity index (χ1n) is 9.03. The van der Waals surface area contributed by atoms with Crippen LogP contribution in [0.4, 0.5) is 0 Å². The molecule has 152 valence electrons. The lowest BCUT2D eigenvalue weighted by molar-refractivity contribution is -0.133. The molecule has 0 radical (unpaired) electrons. The van der Waals surface area contributed by atoms with Crippen LogP contribution in [-0.4, -0.2) is 68.8 Å². The Morgan fingerprint density at radius 1 is 1.29 bits per heavy atom. The van der Waals surface area contributed by atoms with Gasteiger partial charge in [-0.25, -0.2) is 13.4 Å². The molecule has 0 aromatic heterocycles. The molecule has 1 aromatic carbocycles. The quantitative estimate of drug-likeness (QED) is 0.650. The summed E-state index contributed by atoms with van der Waals surface area (Å²) in [6.45, 7) is 0.491. The fraction of sp³-hybridized carbons (Fsp3) is 0.500. The number of nitrogens with one attached hydrogen (secondary N) is 1. The van der Waals surface area contributed by atoms with Crippen LogP contribution in [0.5, 0.6) is 11.5 Å². The fourth-order valence-electron chi connectivity index (χ4n) is 3.15. The molecule has 2 amide bonds. The number of carbonyl (C=O) groups is 2. The molecule has 10 heteroatoms. The third-order valence-electron chi connectivity index (χ3n) is 4.59. The Kier molecular flexibility index (Phi) is 6.18. The highest BCUT2D eigenvalue weighted by Crippen LogP contribution is 2.25. The number of nitrogens with zero attached hydrogens (tertiary/aromatic N) is 2. The number of benzene rings is 1. The van der Waals surface area contributed by atoms with Gasteiger partial charge in [-0.05, 0) is 18.6 Å². The van der Waals surface area contributed by atoms with E-state index >= 15 is 0 Å². The molecule has 1 saturated heterocycles. The van der Waals surface area contributed by atoms with E-state index in [1.165, 1.54) is 5.01 Å². The minimum atomic E-state index is -3.15. The fourth-order valence-corrected chi connectivity index (χ4v) is 4.85. The maximum Gasteiger partial charge on any atom is 0.267 e. The van der Waals surface area contributed by atoms with Crippen molar-refractivity contribution in [3.05, 3.63) is 24.3 Å². The van der Waals surface area contributed by atoms with Crippen molar-refractivity contribution in [1.29, 1.82) is 0 Å².